The van der Waals surface area contributed by atoms with Crippen LogP contribution in [0.4, 0.5) is 5.69 Å². The van der Waals surface area contributed by atoms with E-state index >= 15 is 0 Å². The molecule has 1 heterocycles. The molecule has 0 atom stereocenters. The number of hydrogen-bond acceptors (Lipinski definition) is 4. The van der Waals surface area contributed by atoms with Crippen LogP contribution in [0.2, 0.25) is 0 Å². The summed E-state index contributed by atoms with van der Waals surface area (Å²) in [5.74, 6) is 0.712. The van der Waals surface area contributed by atoms with Crippen molar-refractivity contribution < 1.29 is 13.2 Å². The number of rotatable bonds is 7. The maximum Gasteiger partial charge on any atom is 0.251 e. The topological polar surface area (TPSA) is 84.3 Å². The third kappa shape index (κ3) is 4.65. The van der Waals surface area contributed by atoms with Crippen molar-refractivity contribution >= 4 is 21.6 Å². The van der Waals surface area contributed by atoms with Gasteiger partial charge in [-0.3, -0.25) is 9.10 Å². The lowest BCUT2D eigenvalue weighted by molar-refractivity contribution is 0.0951. The number of aromatic nitrogens is 2. The predicted molar refractivity (Wildman–Crippen MR) is 114 cm³/mol. The van der Waals surface area contributed by atoms with Gasteiger partial charge in [-0.1, -0.05) is 12.1 Å². The molecule has 0 saturated carbocycles. The molecule has 152 valence electrons. The highest BCUT2D eigenvalue weighted by Crippen LogP contribution is 2.17. The Morgan fingerprint density at radius 3 is 2.31 bits per heavy atom. The second-order valence-electron chi connectivity index (χ2n) is 6.61. The number of carbonyl (C=O) groups is 1. The Bertz CT molecular complexity index is 1090. The average Bonchev–Trinajstić information content (AvgIpc) is 3.17. The molecule has 0 fully saturated rings. The van der Waals surface area contributed by atoms with E-state index in [9.17, 15) is 13.2 Å². The van der Waals surface area contributed by atoms with E-state index < -0.39 is 10.0 Å². The van der Waals surface area contributed by atoms with Gasteiger partial charge in [0.15, 0.2) is 0 Å². The molecule has 0 saturated heterocycles. The Balaban J connectivity index is 1.61. The molecule has 2 aromatic carbocycles. The number of benzene rings is 2. The maximum atomic E-state index is 12.4. The molecule has 0 aliphatic carbocycles. The van der Waals surface area contributed by atoms with Gasteiger partial charge in [0, 0.05) is 37.2 Å². The Kier molecular flexibility index (Phi) is 6.03. The predicted octanol–water partition coefficient (Wildman–Crippen LogP) is 2.90. The molecule has 0 aliphatic heterocycles. The zero-order valence-electron chi connectivity index (χ0n) is 16.7. The molecule has 7 nitrogen and oxygen atoms in total. The number of sulfonamides is 1. The van der Waals surface area contributed by atoms with E-state index in [0.717, 1.165) is 17.1 Å². The van der Waals surface area contributed by atoms with Crippen LogP contribution >= 0.6 is 0 Å². The zero-order chi connectivity index (χ0) is 21.0. The second-order valence-corrected chi connectivity index (χ2v) is 8.90. The SMILES string of the molecule is CCS(=O)(=O)N(C)c1ccc(C(=O)NCc2ccc(-n3ccnc3C)cc2)cc1. The van der Waals surface area contributed by atoms with Crippen LogP contribution < -0.4 is 9.62 Å². The number of aryl methyl sites for hydroxylation is 1. The first-order valence-corrected chi connectivity index (χ1v) is 10.9. The van der Waals surface area contributed by atoms with Crippen molar-refractivity contribution in [1.82, 2.24) is 14.9 Å². The summed E-state index contributed by atoms with van der Waals surface area (Å²) in [6.45, 7) is 3.93. The lowest BCUT2D eigenvalue weighted by Crippen LogP contribution is -2.28. The van der Waals surface area contributed by atoms with Crippen molar-refractivity contribution in [3.63, 3.8) is 0 Å². The van der Waals surface area contributed by atoms with Crippen LogP contribution in [0.5, 0.6) is 0 Å². The van der Waals surface area contributed by atoms with Crippen molar-refractivity contribution in [2.75, 3.05) is 17.1 Å². The number of hydrogen-bond donors (Lipinski definition) is 1. The molecule has 0 aliphatic rings. The highest BCUT2D eigenvalue weighted by molar-refractivity contribution is 7.92. The number of nitrogens with one attached hydrogen (secondary N) is 1. The molecule has 1 amide bonds. The largest absolute Gasteiger partial charge is 0.348 e. The van der Waals surface area contributed by atoms with Crippen molar-refractivity contribution in [1.29, 1.82) is 0 Å². The second kappa shape index (κ2) is 8.48. The van der Waals surface area contributed by atoms with Gasteiger partial charge in [0.1, 0.15) is 5.82 Å². The minimum absolute atomic E-state index is 0.0188. The monoisotopic (exact) mass is 412 g/mol. The van der Waals surface area contributed by atoms with Crippen molar-refractivity contribution in [3.8, 4) is 5.69 Å². The van der Waals surface area contributed by atoms with Crippen LogP contribution in [-0.2, 0) is 16.6 Å². The van der Waals surface area contributed by atoms with E-state index in [-0.39, 0.29) is 11.7 Å². The quantitative estimate of drug-likeness (QED) is 0.647. The summed E-state index contributed by atoms with van der Waals surface area (Å²) < 4.78 is 27.1. The summed E-state index contributed by atoms with van der Waals surface area (Å²) in [6, 6.07) is 14.4. The van der Waals surface area contributed by atoms with Crippen molar-refractivity contribution in [3.05, 3.63) is 77.9 Å². The third-order valence-electron chi connectivity index (χ3n) is 4.77. The summed E-state index contributed by atoms with van der Waals surface area (Å²) >= 11 is 0. The molecule has 0 spiro atoms. The first-order valence-electron chi connectivity index (χ1n) is 9.26. The smallest absolute Gasteiger partial charge is 0.251 e. The molecule has 1 N–H and O–H groups in total. The number of amides is 1. The maximum absolute atomic E-state index is 12.4. The van der Waals surface area contributed by atoms with E-state index in [1.807, 2.05) is 42.0 Å². The Morgan fingerprint density at radius 2 is 1.76 bits per heavy atom. The van der Waals surface area contributed by atoms with Gasteiger partial charge in [0.05, 0.1) is 11.4 Å². The van der Waals surface area contributed by atoms with Crippen molar-refractivity contribution in [2.24, 2.45) is 0 Å². The van der Waals surface area contributed by atoms with Gasteiger partial charge >= 0.3 is 0 Å². The molecule has 3 rings (SSSR count). The zero-order valence-corrected chi connectivity index (χ0v) is 17.5. The average molecular weight is 413 g/mol. The molecule has 3 aromatic rings. The fraction of sp³-hybridized carbons (Fsp3) is 0.238. The summed E-state index contributed by atoms with van der Waals surface area (Å²) in [5.41, 5.74) is 2.98. The summed E-state index contributed by atoms with van der Waals surface area (Å²) in [5, 5.41) is 2.88. The number of nitrogens with zero attached hydrogens (tertiary/aromatic N) is 3. The first-order chi connectivity index (χ1) is 13.8. The Hall–Kier alpha value is -3.13. The number of imidazole rings is 1. The molecule has 1 aromatic heterocycles. The normalized spacial score (nSPS) is 11.3. The standard InChI is InChI=1S/C21H24N4O3S/c1-4-29(27,28)24(3)19-11-7-18(8-12-19)21(26)23-15-17-5-9-20(10-6-17)25-14-13-22-16(25)2/h5-14H,4,15H2,1-3H3,(H,23,26). The molecule has 0 unspecified atom stereocenters. The molecule has 8 heteroatoms. The Morgan fingerprint density at radius 1 is 1.10 bits per heavy atom. The van der Waals surface area contributed by atoms with Crippen LogP contribution in [0.25, 0.3) is 5.69 Å². The van der Waals surface area contributed by atoms with Gasteiger partial charge in [0.2, 0.25) is 10.0 Å². The first kappa shape index (κ1) is 20.6. The molecular weight excluding hydrogens is 388 g/mol. The lowest BCUT2D eigenvalue weighted by Gasteiger charge is -2.18. The summed E-state index contributed by atoms with van der Waals surface area (Å²) in [4.78, 5) is 16.6. The van der Waals surface area contributed by atoms with Gasteiger partial charge in [-0.25, -0.2) is 13.4 Å². The Labute approximate surface area is 171 Å². The van der Waals surface area contributed by atoms with Gasteiger partial charge in [0.25, 0.3) is 5.91 Å². The van der Waals surface area contributed by atoms with Crippen LogP contribution in [0.1, 0.15) is 28.7 Å². The van der Waals surface area contributed by atoms with E-state index in [1.165, 1.54) is 11.4 Å². The van der Waals surface area contributed by atoms with Crippen molar-refractivity contribution in [2.45, 2.75) is 20.4 Å². The van der Waals surface area contributed by atoms with Crippen LogP contribution in [-0.4, -0.2) is 36.7 Å². The van der Waals surface area contributed by atoms with Crippen LogP contribution in [0.15, 0.2) is 60.9 Å². The number of anilines is 1. The highest BCUT2D eigenvalue weighted by atomic mass is 32.2. The molecule has 0 bridgehead atoms. The summed E-state index contributed by atoms with van der Waals surface area (Å²) in [7, 11) is -1.82. The van der Waals surface area contributed by atoms with Gasteiger partial charge in [-0.05, 0) is 55.8 Å². The van der Waals surface area contributed by atoms with Gasteiger partial charge in [-0.2, -0.15) is 0 Å². The molecular formula is C21H24N4O3S. The molecule has 0 radical (unpaired) electrons. The number of carbonyl (C=O) groups excluding carboxylic acids is 1. The molecule has 29 heavy (non-hydrogen) atoms. The van der Waals surface area contributed by atoms with E-state index in [2.05, 4.69) is 10.3 Å². The minimum Gasteiger partial charge on any atom is -0.348 e. The summed E-state index contributed by atoms with van der Waals surface area (Å²) in [6.07, 6.45) is 3.66. The fourth-order valence-electron chi connectivity index (χ4n) is 2.89. The third-order valence-corrected chi connectivity index (χ3v) is 6.54. The van der Waals surface area contributed by atoms with Crippen LogP contribution in [0.3, 0.4) is 0 Å². The fourth-order valence-corrected chi connectivity index (χ4v) is 3.72. The highest BCUT2D eigenvalue weighted by Gasteiger charge is 2.16. The lowest BCUT2D eigenvalue weighted by atomic mass is 10.1. The minimum atomic E-state index is -3.33. The van der Waals surface area contributed by atoms with Gasteiger partial charge < -0.3 is 9.88 Å². The van der Waals surface area contributed by atoms with Gasteiger partial charge in [-0.15, -0.1) is 0 Å². The van der Waals surface area contributed by atoms with Crippen LogP contribution in [0, 0.1) is 6.92 Å². The van der Waals surface area contributed by atoms with E-state index in [0.29, 0.717) is 17.8 Å². The van der Waals surface area contributed by atoms with E-state index in [1.54, 1.807) is 37.4 Å². The van der Waals surface area contributed by atoms with E-state index in [4.69, 9.17) is 0 Å².